The Hall–Kier alpha value is -3.69. The first-order chi connectivity index (χ1) is 16.7. The molecule has 0 aromatic carbocycles. The maximum absolute atomic E-state index is 12.6. The van der Waals surface area contributed by atoms with Crippen molar-refractivity contribution < 1.29 is 28.6 Å². The Balaban J connectivity index is 2.18. The van der Waals surface area contributed by atoms with Crippen molar-refractivity contribution in [3.05, 3.63) is 48.2 Å². The molecule has 10 nitrogen and oxygen atoms in total. The van der Waals surface area contributed by atoms with Gasteiger partial charge in [0, 0.05) is 18.9 Å². The highest BCUT2D eigenvalue weighted by atomic mass is 16.6. The number of imidazole rings is 1. The molecule has 2 amide bonds. The van der Waals surface area contributed by atoms with Crippen LogP contribution in [0.3, 0.4) is 0 Å². The van der Waals surface area contributed by atoms with Gasteiger partial charge in [0.25, 0.3) is 0 Å². The maximum Gasteiger partial charge on any atom is 0.419 e. The van der Waals surface area contributed by atoms with Crippen LogP contribution in [0.25, 0.3) is 11.4 Å². The highest BCUT2D eigenvalue weighted by molar-refractivity contribution is 6.15. The van der Waals surface area contributed by atoms with E-state index in [1.165, 1.54) is 7.11 Å². The van der Waals surface area contributed by atoms with Gasteiger partial charge in [-0.15, -0.1) is 0 Å². The molecule has 0 fully saturated rings. The van der Waals surface area contributed by atoms with Gasteiger partial charge in [0.1, 0.15) is 23.3 Å². The molecule has 0 atom stereocenters. The number of allylic oxidation sites excluding steroid dienone is 1. The third-order valence-electron chi connectivity index (χ3n) is 4.59. The Kier molecular flexibility index (Phi) is 9.38. The van der Waals surface area contributed by atoms with Crippen LogP contribution in [-0.2, 0) is 19.0 Å². The molecule has 2 aromatic rings. The van der Waals surface area contributed by atoms with Gasteiger partial charge in [0.15, 0.2) is 0 Å². The standard InChI is InChI=1S/C26H36N4O6/c1-18-12-13-27-21(15-18)29-16-20(28-17-29)19(22(31)34-8)11-9-10-14-30(23(32)35-25(2,3)4)24(33)36-26(5,6)7/h11-13,15-17H,9-10,14H2,1-8H3/b19-11-. The van der Waals surface area contributed by atoms with Crippen molar-refractivity contribution in [2.45, 2.75) is 72.5 Å². The number of rotatable bonds is 7. The SMILES string of the molecule is COC(=O)/C(=C\CCCN(C(=O)OC(C)(C)C)C(=O)OC(C)(C)C)c1cn(-c2cc(C)ccn2)cn1. The van der Waals surface area contributed by atoms with E-state index in [1.54, 1.807) is 70.9 Å². The van der Waals surface area contributed by atoms with Gasteiger partial charge in [-0.1, -0.05) is 6.08 Å². The number of carbonyl (C=O) groups excluding carboxylic acids is 3. The Bertz CT molecular complexity index is 1080. The van der Waals surface area contributed by atoms with Gasteiger partial charge in [-0.2, -0.15) is 0 Å². The zero-order valence-corrected chi connectivity index (χ0v) is 22.3. The highest BCUT2D eigenvalue weighted by Gasteiger charge is 2.30. The quantitative estimate of drug-likeness (QED) is 0.224. The molecule has 0 aliphatic heterocycles. The van der Waals surface area contributed by atoms with E-state index in [1.807, 2.05) is 19.1 Å². The second-order valence-electron chi connectivity index (χ2n) is 10.2. The van der Waals surface area contributed by atoms with E-state index in [-0.39, 0.29) is 12.1 Å². The number of aryl methyl sites for hydroxylation is 1. The molecule has 2 aromatic heterocycles. The third-order valence-corrected chi connectivity index (χ3v) is 4.59. The minimum atomic E-state index is -0.793. The molecule has 10 heteroatoms. The van der Waals surface area contributed by atoms with Gasteiger partial charge in [-0.05, 0) is 79.0 Å². The lowest BCUT2D eigenvalue weighted by Crippen LogP contribution is -2.44. The van der Waals surface area contributed by atoms with Gasteiger partial charge in [0.2, 0.25) is 0 Å². The van der Waals surface area contributed by atoms with Gasteiger partial charge in [-0.3, -0.25) is 4.57 Å². The van der Waals surface area contributed by atoms with E-state index in [9.17, 15) is 14.4 Å². The Morgan fingerprint density at radius 2 is 1.64 bits per heavy atom. The molecule has 0 saturated carbocycles. The first-order valence-corrected chi connectivity index (χ1v) is 11.7. The van der Waals surface area contributed by atoms with Crippen LogP contribution in [0.4, 0.5) is 9.59 Å². The fraction of sp³-hybridized carbons (Fsp3) is 0.500. The third kappa shape index (κ3) is 8.83. The van der Waals surface area contributed by atoms with Crippen LogP contribution in [-0.4, -0.2) is 62.4 Å². The lowest BCUT2D eigenvalue weighted by Gasteiger charge is -2.28. The van der Waals surface area contributed by atoms with Crippen molar-refractivity contribution >= 4 is 23.7 Å². The number of carbonyl (C=O) groups is 3. The Morgan fingerprint density at radius 1 is 1.03 bits per heavy atom. The average Bonchev–Trinajstić information content (AvgIpc) is 3.23. The zero-order chi connectivity index (χ0) is 27.1. The van der Waals surface area contributed by atoms with E-state index in [0.29, 0.717) is 24.4 Å². The lowest BCUT2D eigenvalue weighted by atomic mass is 10.1. The van der Waals surface area contributed by atoms with Gasteiger partial charge < -0.3 is 14.2 Å². The summed E-state index contributed by atoms with van der Waals surface area (Å²) in [4.78, 5) is 47.3. The van der Waals surface area contributed by atoms with E-state index in [2.05, 4.69) is 9.97 Å². The molecule has 0 spiro atoms. The van der Waals surface area contributed by atoms with Gasteiger partial charge in [-0.25, -0.2) is 29.3 Å². The number of hydrogen-bond acceptors (Lipinski definition) is 8. The summed E-state index contributed by atoms with van der Waals surface area (Å²) in [5.41, 5.74) is 0.172. The zero-order valence-electron chi connectivity index (χ0n) is 22.3. The Labute approximate surface area is 212 Å². The van der Waals surface area contributed by atoms with Crippen LogP contribution in [0.15, 0.2) is 36.9 Å². The summed E-state index contributed by atoms with van der Waals surface area (Å²) in [6.45, 7) is 12.3. The van der Waals surface area contributed by atoms with E-state index in [0.717, 1.165) is 10.5 Å². The molecule has 0 N–H and O–H groups in total. The molecule has 0 radical (unpaired) electrons. The van der Waals surface area contributed by atoms with E-state index < -0.39 is 29.4 Å². The fourth-order valence-corrected chi connectivity index (χ4v) is 3.04. The van der Waals surface area contributed by atoms with E-state index in [4.69, 9.17) is 14.2 Å². The molecule has 2 rings (SSSR count). The van der Waals surface area contributed by atoms with Crippen LogP contribution in [0.2, 0.25) is 0 Å². The summed E-state index contributed by atoms with van der Waals surface area (Å²) in [5.74, 6) is 0.122. The number of methoxy groups -OCH3 is 1. The number of esters is 1. The molecular weight excluding hydrogens is 464 g/mol. The number of hydrogen-bond donors (Lipinski definition) is 0. The largest absolute Gasteiger partial charge is 0.465 e. The van der Waals surface area contributed by atoms with Gasteiger partial charge >= 0.3 is 18.2 Å². The molecule has 0 aliphatic carbocycles. The molecule has 0 bridgehead atoms. The minimum absolute atomic E-state index is 0.0381. The van der Waals surface area contributed by atoms with Crippen molar-refractivity contribution in [2.24, 2.45) is 0 Å². The van der Waals surface area contributed by atoms with Crippen molar-refractivity contribution in [1.29, 1.82) is 0 Å². The first kappa shape index (κ1) is 28.5. The monoisotopic (exact) mass is 500 g/mol. The topological polar surface area (TPSA) is 113 Å². The van der Waals surface area contributed by atoms with Crippen LogP contribution in [0.1, 0.15) is 65.6 Å². The fourth-order valence-electron chi connectivity index (χ4n) is 3.04. The molecule has 196 valence electrons. The maximum atomic E-state index is 12.6. The average molecular weight is 501 g/mol. The molecule has 0 aliphatic rings. The highest BCUT2D eigenvalue weighted by Crippen LogP contribution is 2.19. The molecule has 0 saturated heterocycles. The normalized spacial score (nSPS) is 12.2. The molecule has 2 heterocycles. The summed E-state index contributed by atoms with van der Waals surface area (Å²) in [5, 5.41) is 0. The number of ether oxygens (including phenoxy) is 3. The van der Waals surface area contributed by atoms with Crippen LogP contribution in [0, 0.1) is 6.92 Å². The summed E-state index contributed by atoms with van der Waals surface area (Å²) in [7, 11) is 1.29. The smallest absolute Gasteiger partial charge is 0.419 e. The van der Waals surface area contributed by atoms with E-state index >= 15 is 0 Å². The Morgan fingerprint density at radius 3 is 2.17 bits per heavy atom. The predicted octanol–water partition coefficient (Wildman–Crippen LogP) is 5.08. The number of unbranched alkanes of at least 4 members (excludes halogenated alkanes) is 1. The summed E-state index contributed by atoms with van der Waals surface area (Å²) >= 11 is 0. The lowest BCUT2D eigenvalue weighted by molar-refractivity contribution is -0.133. The van der Waals surface area contributed by atoms with Crippen LogP contribution < -0.4 is 0 Å². The first-order valence-electron chi connectivity index (χ1n) is 11.7. The summed E-state index contributed by atoms with van der Waals surface area (Å²) in [6.07, 6.45) is 5.77. The van der Waals surface area contributed by atoms with Gasteiger partial charge in [0.05, 0.1) is 18.4 Å². The molecule has 36 heavy (non-hydrogen) atoms. The minimum Gasteiger partial charge on any atom is -0.465 e. The van der Waals surface area contributed by atoms with Crippen LogP contribution >= 0.6 is 0 Å². The number of nitrogens with zero attached hydrogens (tertiary/aromatic N) is 4. The summed E-state index contributed by atoms with van der Waals surface area (Å²) in [6, 6.07) is 3.79. The predicted molar refractivity (Wildman–Crippen MR) is 134 cm³/mol. The number of amides is 2. The van der Waals surface area contributed by atoms with Crippen molar-refractivity contribution in [2.75, 3.05) is 13.7 Å². The molecular formula is C26H36N4O6. The van der Waals surface area contributed by atoms with Crippen molar-refractivity contribution in [3.8, 4) is 5.82 Å². The second-order valence-corrected chi connectivity index (χ2v) is 10.2. The number of imide groups is 1. The van der Waals surface area contributed by atoms with Crippen LogP contribution in [0.5, 0.6) is 0 Å². The molecule has 0 unspecified atom stereocenters. The summed E-state index contributed by atoms with van der Waals surface area (Å²) < 4.78 is 17.4. The number of aromatic nitrogens is 3. The van der Waals surface area contributed by atoms with Crippen molar-refractivity contribution in [1.82, 2.24) is 19.4 Å². The number of pyridine rings is 1. The van der Waals surface area contributed by atoms with Crippen molar-refractivity contribution in [3.63, 3.8) is 0 Å². The second kappa shape index (κ2) is 11.8.